The van der Waals surface area contributed by atoms with Crippen LogP contribution in [0.15, 0.2) is 36.4 Å². The monoisotopic (exact) mass is 150 g/mol. The van der Waals surface area contributed by atoms with Gasteiger partial charge in [-0.2, -0.15) is 0 Å². The fourth-order valence-electron chi connectivity index (χ4n) is 0.385. The van der Waals surface area contributed by atoms with E-state index in [4.69, 9.17) is 0 Å². The van der Waals surface area contributed by atoms with Gasteiger partial charge in [0.25, 0.3) is 0 Å². The lowest BCUT2D eigenvalue weighted by atomic mass is 10.0. The summed E-state index contributed by atoms with van der Waals surface area (Å²) < 4.78 is 0. The van der Waals surface area contributed by atoms with E-state index in [2.05, 4.69) is 27.7 Å². The van der Waals surface area contributed by atoms with Gasteiger partial charge in [-0.25, -0.2) is 0 Å². The van der Waals surface area contributed by atoms with Crippen LogP contribution in [0.1, 0.15) is 27.7 Å². The summed E-state index contributed by atoms with van der Waals surface area (Å²) in [5.41, 5.74) is 0.500. The standard InChI is InChI=1S/C6H6.C5H12/c1-2-4-6-5-3-1;1-5(2,3)4/h1-6H;1-4H3. The molecule has 0 radical (unpaired) electrons. The smallest absolute Gasteiger partial charge is 0.0411 e. The van der Waals surface area contributed by atoms with Crippen LogP contribution in [-0.4, -0.2) is 0 Å². The maximum absolute atomic E-state index is 2.19. The van der Waals surface area contributed by atoms with Gasteiger partial charge in [0.05, 0.1) is 0 Å². The van der Waals surface area contributed by atoms with Gasteiger partial charge >= 0.3 is 0 Å². The van der Waals surface area contributed by atoms with Crippen molar-refractivity contribution in [2.75, 3.05) is 0 Å². The van der Waals surface area contributed by atoms with Crippen molar-refractivity contribution in [1.29, 1.82) is 0 Å². The molecule has 0 bridgehead atoms. The lowest BCUT2D eigenvalue weighted by Gasteiger charge is -2.05. The molecule has 1 rings (SSSR count). The minimum Gasteiger partial charge on any atom is -0.0623 e. The summed E-state index contributed by atoms with van der Waals surface area (Å²) in [5, 5.41) is 0. The van der Waals surface area contributed by atoms with Crippen molar-refractivity contribution in [3.63, 3.8) is 0 Å². The molecule has 0 aliphatic rings. The van der Waals surface area contributed by atoms with E-state index < -0.39 is 0 Å². The Hall–Kier alpha value is -0.780. The van der Waals surface area contributed by atoms with Gasteiger partial charge in [-0.1, -0.05) is 64.1 Å². The zero-order chi connectivity index (χ0) is 8.74. The van der Waals surface area contributed by atoms with Gasteiger partial charge in [0.2, 0.25) is 0 Å². The van der Waals surface area contributed by atoms with Gasteiger partial charge in [-0.3, -0.25) is 0 Å². The minimum atomic E-state index is 0.500. The van der Waals surface area contributed by atoms with Crippen LogP contribution in [0, 0.1) is 5.41 Å². The molecule has 0 atom stereocenters. The normalized spacial score (nSPS) is 9.82. The quantitative estimate of drug-likeness (QED) is 0.528. The van der Waals surface area contributed by atoms with E-state index in [0.29, 0.717) is 5.41 Å². The summed E-state index contributed by atoms with van der Waals surface area (Å²) in [6.45, 7) is 8.75. The van der Waals surface area contributed by atoms with E-state index >= 15 is 0 Å². The van der Waals surface area contributed by atoms with E-state index in [1.165, 1.54) is 0 Å². The Balaban J connectivity index is 0.000000187. The lowest BCUT2D eigenvalue weighted by Crippen LogP contribution is -1.93. The summed E-state index contributed by atoms with van der Waals surface area (Å²) in [6, 6.07) is 12.0. The summed E-state index contributed by atoms with van der Waals surface area (Å²) in [7, 11) is 0. The van der Waals surface area contributed by atoms with E-state index in [-0.39, 0.29) is 0 Å². The fraction of sp³-hybridized carbons (Fsp3) is 0.455. The second kappa shape index (κ2) is 4.95. The highest BCUT2D eigenvalue weighted by molar-refractivity contribution is 4.99. The Kier molecular flexibility index (Phi) is 4.60. The molecule has 0 aliphatic heterocycles. The zero-order valence-electron chi connectivity index (χ0n) is 7.96. The van der Waals surface area contributed by atoms with Crippen LogP contribution in [0.4, 0.5) is 0 Å². The van der Waals surface area contributed by atoms with Crippen molar-refractivity contribution < 1.29 is 0 Å². The lowest BCUT2D eigenvalue weighted by molar-refractivity contribution is 0.469. The summed E-state index contributed by atoms with van der Waals surface area (Å²) >= 11 is 0. The van der Waals surface area contributed by atoms with Crippen LogP contribution >= 0.6 is 0 Å². The summed E-state index contributed by atoms with van der Waals surface area (Å²) in [6.07, 6.45) is 0. The van der Waals surface area contributed by atoms with Crippen molar-refractivity contribution >= 4 is 0 Å². The molecule has 0 fully saturated rings. The fourth-order valence-corrected chi connectivity index (χ4v) is 0.385. The predicted molar refractivity (Wildman–Crippen MR) is 51.6 cm³/mol. The van der Waals surface area contributed by atoms with Gasteiger partial charge in [0, 0.05) is 0 Å². The Bertz CT molecular complexity index is 124. The Morgan fingerprint density at radius 2 is 0.636 bits per heavy atom. The van der Waals surface area contributed by atoms with Crippen LogP contribution in [0.2, 0.25) is 0 Å². The van der Waals surface area contributed by atoms with Gasteiger partial charge in [0.15, 0.2) is 0 Å². The third-order valence-corrected chi connectivity index (χ3v) is 0.667. The highest BCUT2D eigenvalue weighted by Crippen LogP contribution is 2.07. The van der Waals surface area contributed by atoms with Crippen LogP contribution < -0.4 is 0 Å². The summed E-state index contributed by atoms with van der Waals surface area (Å²) in [4.78, 5) is 0. The molecule has 0 amide bonds. The average Bonchev–Trinajstić information content (AvgIpc) is 1.88. The molecular formula is C11H18. The highest BCUT2D eigenvalue weighted by Gasteiger charge is 1.95. The topological polar surface area (TPSA) is 0 Å². The highest BCUT2D eigenvalue weighted by atomic mass is 14.0. The molecule has 0 saturated heterocycles. The molecule has 0 aromatic heterocycles. The zero-order valence-corrected chi connectivity index (χ0v) is 7.96. The second-order valence-electron chi connectivity index (χ2n) is 4.15. The molecule has 0 aliphatic carbocycles. The minimum absolute atomic E-state index is 0.500. The third-order valence-electron chi connectivity index (χ3n) is 0.667. The van der Waals surface area contributed by atoms with E-state index in [1.807, 2.05) is 36.4 Å². The van der Waals surface area contributed by atoms with Crippen LogP contribution in [0.5, 0.6) is 0 Å². The Labute approximate surface area is 70.3 Å². The predicted octanol–water partition coefficient (Wildman–Crippen LogP) is 3.74. The molecule has 0 unspecified atom stereocenters. The van der Waals surface area contributed by atoms with Crippen LogP contribution in [-0.2, 0) is 0 Å². The first kappa shape index (κ1) is 10.2. The third kappa shape index (κ3) is 17.6. The van der Waals surface area contributed by atoms with Crippen LogP contribution in [0.25, 0.3) is 0 Å². The molecule has 0 N–H and O–H groups in total. The molecule has 62 valence electrons. The molecular weight excluding hydrogens is 132 g/mol. The molecule has 0 saturated carbocycles. The maximum Gasteiger partial charge on any atom is -0.0411 e. The van der Waals surface area contributed by atoms with Gasteiger partial charge < -0.3 is 0 Å². The van der Waals surface area contributed by atoms with Crippen molar-refractivity contribution in [3.05, 3.63) is 36.4 Å². The number of benzene rings is 1. The Morgan fingerprint density at radius 3 is 0.727 bits per heavy atom. The van der Waals surface area contributed by atoms with Gasteiger partial charge in [-0.05, 0) is 5.41 Å². The van der Waals surface area contributed by atoms with Gasteiger partial charge in [-0.15, -0.1) is 0 Å². The molecule has 0 spiro atoms. The molecule has 0 heteroatoms. The molecule has 1 aromatic carbocycles. The van der Waals surface area contributed by atoms with Crippen molar-refractivity contribution in [2.24, 2.45) is 5.41 Å². The van der Waals surface area contributed by atoms with Crippen molar-refractivity contribution in [2.45, 2.75) is 27.7 Å². The maximum atomic E-state index is 2.19. The van der Waals surface area contributed by atoms with Crippen molar-refractivity contribution in [3.8, 4) is 0 Å². The van der Waals surface area contributed by atoms with Crippen molar-refractivity contribution in [1.82, 2.24) is 0 Å². The number of hydrogen-bond donors (Lipinski definition) is 0. The first-order valence-electron chi connectivity index (χ1n) is 4.00. The van der Waals surface area contributed by atoms with E-state index in [0.717, 1.165) is 0 Å². The Morgan fingerprint density at radius 1 is 0.545 bits per heavy atom. The number of hydrogen-bond acceptors (Lipinski definition) is 0. The molecule has 0 heterocycles. The summed E-state index contributed by atoms with van der Waals surface area (Å²) in [5.74, 6) is 0. The van der Waals surface area contributed by atoms with E-state index in [1.54, 1.807) is 0 Å². The molecule has 11 heavy (non-hydrogen) atoms. The molecule has 1 aromatic rings. The number of rotatable bonds is 0. The second-order valence-corrected chi connectivity index (χ2v) is 4.15. The SMILES string of the molecule is CC(C)(C)C.c1ccccc1. The average molecular weight is 150 g/mol. The molecule has 0 nitrogen and oxygen atoms in total. The van der Waals surface area contributed by atoms with Crippen LogP contribution in [0.3, 0.4) is 0 Å². The largest absolute Gasteiger partial charge is 0.0623 e. The van der Waals surface area contributed by atoms with Gasteiger partial charge in [0.1, 0.15) is 0 Å². The first-order chi connectivity index (χ1) is 5.00. The van der Waals surface area contributed by atoms with E-state index in [9.17, 15) is 0 Å². The first-order valence-corrected chi connectivity index (χ1v) is 4.00.